The summed E-state index contributed by atoms with van der Waals surface area (Å²) < 4.78 is 5.04. The highest BCUT2D eigenvalue weighted by molar-refractivity contribution is 7.15. The Labute approximate surface area is 124 Å². The molecule has 1 aromatic rings. The maximum absolute atomic E-state index is 11.8. The van der Waals surface area contributed by atoms with E-state index >= 15 is 0 Å². The van der Waals surface area contributed by atoms with Crippen LogP contribution in [-0.2, 0) is 4.74 Å². The van der Waals surface area contributed by atoms with Crippen LogP contribution in [0.3, 0.4) is 0 Å². The number of thiazole rings is 1. The van der Waals surface area contributed by atoms with Crippen LogP contribution < -0.4 is 4.90 Å². The Morgan fingerprint density at radius 2 is 2.15 bits per heavy atom. The largest absolute Gasteiger partial charge is 0.461 e. The molecule has 20 heavy (non-hydrogen) atoms. The molecular weight excluding hydrogens is 274 g/mol. The Morgan fingerprint density at radius 1 is 1.50 bits per heavy atom. The van der Waals surface area contributed by atoms with Crippen molar-refractivity contribution in [1.82, 2.24) is 9.88 Å². The number of nitrogens with zero attached hydrogens (tertiary/aromatic N) is 3. The molecule has 1 aliphatic heterocycles. The Kier molecular flexibility index (Phi) is 4.99. The van der Waals surface area contributed by atoms with Crippen LogP contribution in [0.2, 0.25) is 0 Å². The van der Waals surface area contributed by atoms with E-state index < -0.39 is 0 Å². The lowest BCUT2D eigenvalue weighted by atomic mass is 10.0. The fraction of sp³-hybridized carbons (Fsp3) is 0.714. The van der Waals surface area contributed by atoms with E-state index in [1.807, 2.05) is 13.8 Å². The van der Waals surface area contributed by atoms with Crippen LogP contribution in [0.4, 0.5) is 5.13 Å². The van der Waals surface area contributed by atoms with Gasteiger partial charge < -0.3 is 14.5 Å². The van der Waals surface area contributed by atoms with Crippen molar-refractivity contribution >= 4 is 22.4 Å². The van der Waals surface area contributed by atoms with E-state index in [9.17, 15) is 4.79 Å². The molecule has 0 atom stereocenters. The van der Waals surface area contributed by atoms with Crippen molar-refractivity contribution in [1.29, 1.82) is 0 Å². The van der Waals surface area contributed by atoms with E-state index in [0.29, 0.717) is 18.3 Å². The van der Waals surface area contributed by atoms with Crippen LogP contribution in [0.1, 0.15) is 35.1 Å². The highest BCUT2D eigenvalue weighted by Gasteiger charge is 2.25. The van der Waals surface area contributed by atoms with Crippen LogP contribution in [0.15, 0.2) is 0 Å². The average molecular weight is 297 g/mol. The minimum atomic E-state index is -0.315. The molecule has 0 N–H and O–H groups in total. The van der Waals surface area contributed by atoms with Gasteiger partial charge in [0.2, 0.25) is 0 Å². The van der Waals surface area contributed by atoms with Crippen molar-refractivity contribution < 1.29 is 9.53 Å². The number of rotatable bonds is 4. The second-order valence-electron chi connectivity index (χ2n) is 5.27. The number of hydrogen-bond acceptors (Lipinski definition) is 6. The van der Waals surface area contributed by atoms with Crippen LogP contribution in [0, 0.1) is 6.92 Å². The molecule has 1 aliphatic rings. The molecule has 5 nitrogen and oxygen atoms in total. The molecule has 0 amide bonds. The summed E-state index contributed by atoms with van der Waals surface area (Å²) in [6.45, 7) is 6.35. The molecule has 1 saturated heterocycles. The van der Waals surface area contributed by atoms with Gasteiger partial charge in [-0.3, -0.25) is 0 Å². The first-order chi connectivity index (χ1) is 9.52. The van der Waals surface area contributed by atoms with Gasteiger partial charge in [-0.15, -0.1) is 11.3 Å². The quantitative estimate of drug-likeness (QED) is 0.797. The molecule has 1 aromatic heterocycles. The van der Waals surface area contributed by atoms with E-state index in [1.165, 1.54) is 0 Å². The maximum atomic E-state index is 11.8. The van der Waals surface area contributed by atoms with Crippen molar-refractivity contribution in [3.05, 3.63) is 10.6 Å². The summed E-state index contributed by atoms with van der Waals surface area (Å²) in [7, 11) is 4.23. The van der Waals surface area contributed by atoms with Crippen LogP contribution in [-0.4, -0.2) is 55.7 Å². The third-order valence-electron chi connectivity index (χ3n) is 3.79. The van der Waals surface area contributed by atoms with Gasteiger partial charge in [-0.25, -0.2) is 9.78 Å². The molecule has 6 heteroatoms. The molecule has 112 valence electrons. The highest BCUT2D eigenvalue weighted by Crippen LogP contribution is 2.29. The molecule has 1 fully saturated rings. The number of piperidine rings is 1. The zero-order valence-corrected chi connectivity index (χ0v) is 13.5. The molecule has 0 radical (unpaired) electrons. The Hall–Kier alpha value is -1.14. The standard InChI is InChI=1S/C14H23N3O2S/c1-5-19-13(18)12-10(2)20-14(15-12)17(4)11-6-8-16(3)9-7-11/h11H,5-9H2,1-4H3. The third kappa shape index (κ3) is 3.30. The lowest BCUT2D eigenvalue weighted by molar-refractivity contribution is 0.0519. The molecule has 2 heterocycles. The van der Waals surface area contributed by atoms with Crippen molar-refractivity contribution in [2.45, 2.75) is 32.7 Å². The number of aryl methyl sites for hydroxylation is 1. The zero-order chi connectivity index (χ0) is 14.7. The fourth-order valence-corrected chi connectivity index (χ4v) is 3.39. The topological polar surface area (TPSA) is 45.7 Å². The van der Waals surface area contributed by atoms with Crippen LogP contribution in [0.25, 0.3) is 0 Å². The van der Waals surface area contributed by atoms with Crippen molar-refractivity contribution in [3.63, 3.8) is 0 Å². The summed E-state index contributed by atoms with van der Waals surface area (Å²) in [5.41, 5.74) is 0.464. The predicted molar refractivity (Wildman–Crippen MR) is 81.7 cm³/mol. The van der Waals surface area contributed by atoms with Crippen molar-refractivity contribution in [2.75, 3.05) is 38.7 Å². The number of carbonyl (C=O) groups excluding carboxylic acids is 1. The molecule has 0 aromatic carbocycles. The van der Waals surface area contributed by atoms with Gasteiger partial charge in [0.1, 0.15) is 0 Å². The van der Waals surface area contributed by atoms with Gasteiger partial charge in [0, 0.05) is 18.0 Å². The Bertz CT molecular complexity index is 467. The van der Waals surface area contributed by atoms with Crippen LogP contribution >= 0.6 is 11.3 Å². The Morgan fingerprint density at radius 3 is 2.75 bits per heavy atom. The first kappa shape index (κ1) is 15.3. The smallest absolute Gasteiger partial charge is 0.358 e. The molecule has 2 rings (SSSR count). The number of carbonyl (C=O) groups is 1. The molecule has 0 saturated carbocycles. The van der Waals surface area contributed by atoms with E-state index in [1.54, 1.807) is 11.3 Å². The predicted octanol–water partition coefficient (Wildman–Crippen LogP) is 2.16. The average Bonchev–Trinajstić information content (AvgIpc) is 2.81. The number of anilines is 1. The normalized spacial score (nSPS) is 17.2. The SMILES string of the molecule is CCOC(=O)c1nc(N(C)C2CCN(C)CC2)sc1C. The van der Waals surface area contributed by atoms with Gasteiger partial charge in [0.05, 0.1) is 6.61 Å². The Balaban J connectivity index is 2.09. The number of hydrogen-bond donors (Lipinski definition) is 0. The molecule has 0 bridgehead atoms. The summed E-state index contributed by atoms with van der Waals surface area (Å²) in [5, 5.41) is 0.917. The first-order valence-corrected chi connectivity index (χ1v) is 7.90. The lowest BCUT2D eigenvalue weighted by Crippen LogP contribution is -2.42. The van der Waals surface area contributed by atoms with Gasteiger partial charge >= 0.3 is 5.97 Å². The van der Waals surface area contributed by atoms with E-state index in [2.05, 4.69) is 28.9 Å². The summed E-state index contributed by atoms with van der Waals surface area (Å²) in [4.78, 5) is 21.8. The van der Waals surface area contributed by atoms with E-state index in [0.717, 1.165) is 35.9 Å². The minimum absolute atomic E-state index is 0.315. The van der Waals surface area contributed by atoms with Gasteiger partial charge in [0.15, 0.2) is 10.8 Å². The lowest BCUT2D eigenvalue weighted by Gasteiger charge is -2.34. The summed E-state index contributed by atoms with van der Waals surface area (Å²) >= 11 is 1.57. The second-order valence-corrected chi connectivity index (χ2v) is 6.45. The first-order valence-electron chi connectivity index (χ1n) is 7.08. The van der Waals surface area contributed by atoms with Gasteiger partial charge in [-0.1, -0.05) is 0 Å². The second kappa shape index (κ2) is 6.54. The van der Waals surface area contributed by atoms with Gasteiger partial charge in [-0.05, 0) is 46.8 Å². The summed E-state index contributed by atoms with van der Waals surface area (Å²) in [6.07, 6.45) is 2.28. The van der Waals surface area contributed by atoms with Crippen molar-refractivity contribution in [2.24, 2.45) is 0 Å². The van der Waals surface area contributed by atoms with Gasteiger partial charge in [-0.2, -0.15) is 0 Å². The van der Waals surface area contributed by atoms with E-state index in [-0.39, 0.29) is 5.97 Å². The molecule has 0 unspecified atom stereocenters. The summed E-state index contributed by atoms with van der Waals surface area (Å²) in [6, 6.07) is 0.506. The fourth-order valence-electron chi connectivity index (χ4n) is 2.46. The highest BCUT2D eigenvalue weighted by atomic mass is 32.1. The molecule has 0 aliphatic carbocycles. The maximum Gasteiger partial charge on any atom is 0.358 e. The van der Waals surface area contributed by atoms with Crippen molar-refractivity contribution in [3.8, 4) is 0 Å². The van der Waals surface area contributed by atoms with Crippen LogP contribution in [0.5, 0.6) is 0 Å². The third-order valence-corrected chi connectivity index (χ3v) is 4.85. The minimum Gasteiger partial charge on any atom is -0.461 e. The number of esters is 1. The van der Waals surface area contributed by atoms with Gasteiger partial charge in [0.25, 0.3) is 0 Å². The molecular formula is C14H23N3O2S. The van der Waals surface area contributed by atoms with E-state index in [4.69, 9.17) is 4.74 Å². The monoisotopic (exact) mass is 297 g/mol. The zero-order valence-electron chi connectivity index (χ0n) is 12.7. The number of ether oxygens (including phenoxy) is 1. The number of aromatic nitrogens is 1. The number of likely N-dealkylation sites (tertiary alicyclic amines) is 1. The summed E-state index contributed by atoms with van der Waals surface area (Å²) in [5.74, 6) is -0.315. The molecule has 0 spiro atoms.